The average molecular weight is 494 g/mol. The molecule has 7 nitrogen and oxygen atoms in total. The zero-order chi connectivity index (χ0) is 24.4. The third-order valence-electron chi connectivity index (χ3n) is 5.18. The van der Waals surface area contributed by atoms with E-state index in [2.05, 4.69) is 10.3 Å². The van der Waals surface area contributed by atoms with Gasteiger partial charge in [-0.2, -0.15) is 0 Å². The van der Waals surface area contributed by atoms with Gasteiger partial charge in [0.05, 0.1) is 33.8 Å². The second-order valence-electron chi connectivity index (χ2n) is 7.38. The number of hydrogen-bond acceptors (Lipinski definition) is 6. The summed E-state index contributed by atoms with van der Waals surface area (Å²) in [6.45, 7) is 3.42. The number of thiophene rings is 1. The number of pyridine rings is 1. The van der Waals surface area contributed by atoms with Gasteiger partial charge in [0.2, 0.25) is 0 Å². The second kappa shape index (κ2) is 9.62. The lowest BCUT2D eigenvalue weighted by Crippen LogP contribution is -2.16. The molecule has 0 bridgehead atoms. The molecule has 0 spiro atoms. The molecular weight excluding hydrogens is 474 g/mol. The highest BCUT2D eigenvalue weighted by Crippen LogP contribution is 2.34. The largest absolute Gasteiger partial charge is 0.462 e. The molecule has 0 saturated carbocycles. The van der Waals surface area contributed by atoms with Crippen LogP contribution in [0.3, 0.4) is 0 Å². The van der Waals surface area contributed by atoms with Gasteiger partial charge in [0.1, 0.15) is 5.00 Å². The van der Waals surface area contributed by atoms with E-state index in [0.717, 1.165) is 16.9 Å². The van der Waals surface area contributed by atoms with Gasteiger partial charge in [0.25, 0.3) is 11.8 Å². The number of carbonyl (C=O) groups is 3. The monoisotopic (exact) mass is 493 g/mol. The van der Waals surface area contributed by atoms with Gasteiger partial charge in [0.15, 0.2) is 0 Å². The van der Waals surface area contributed by atoms with Gasteiger partial charge >= 0.3 is 5.97 Å². The summed E-state index contributed by atoms with van der Waals surface area (Å²) >= 11 is 6.95. The number of primary amides is 1. The van der Waals surface area contributed by atoms with Gasteiger partial charge in [-0.1, -0.05) is 41.9 Å². The van der Waals surface area contributed by atoms with Crippen LogP contribution in [0.1, 0.15) is 42.9 Å². The first-order valence-electron chi connectivity index (χ1n) is 10.4. The van der Waals surface area contributed by atoms with Crippen LogP contribution in [0, 0.1) is 6.92 Å². The number of anilines is 1. The summed E-state index contributed by atoms with van der Waals surface area (Å²) in [4.78, 5) is 42.8. The number of para-hydroxylation sites is 1. The minimum atomic E-state index is -0.687. The molecule has 2 aromatic heterocycles. The molecule has 2 heterocycles. The van der Waals surface area contributed by atoms with Gasteiger partial charge in [-0.15, -0.1) is 11.3 Å². The Morgan fingerprint density at radius 2 is 1.82 bits per heavy atom. The summed E-state index contributed by atoms with van der Waals surface area (Å²) in [5, 5.41) is 4.21. The lowest BCUT2D eigenvalue weighted by atomic mass is 10.0. The maximum atomic E-state index is 13.5. The predicted molar refractivity (Wildman–Crippen MR) is 134 cm³/mol. The molecule has 0 fully saturated rings. The van der Waals surface area contributed by atoms with Crippen molar-refractivity contribution >= 4 is 56.6 Å². The Hall–Kier alpha value is -3.75. The number of aromatic nitrogens is 1. The van der Waals surface area contributed by atoms with Crippen LogP contribution < -0.4 is 11.1 Å². The Morgan fingerprint density at radius 1 is 1.12 bits per heavy atom. The minimum Gasteiger partial charge on any atom is -0.462 e. The van der Waals surface area contributed by atoms with Crippen molar-refractivity contribution in [1.82, 2.24) is 4.98 Å². The number of amides is 2. The standard InChI is InChI=1S/C25H20ClN3O4S/c1-3-33-25(32)20-13(2)21(22(27)30)34-24(20)29-23(31)17-12-19(14-8-10-15(26)11-9-14)28-18-7-5-4-6-16(17)18/h4-12H,3H2,1-2H3,(H2,27,30)(H,29,31). The van der Waals surface area contributed by atoms with E-state index >= 15 is 0 Å². The number of hydrogen-bond donors (Lipinski definition) is 2. The van der Waals surface area contributed by atoms with Crippen molar-refractivity contribution in [3.63, 3.8) is 0 Å². The number of nitrogens with one attached hydrogen (secondary N) is 1. The van der Waals surface area contributed by atoms with Crippen molar-refractivity contribution in [3.8, 4) is 11.3 Å². The smallest absolute Gasteiger partial charge is 0.341 e. The van der Waals surface area contributed by atoms with E-state index in [0.29, 0.717) is 32.7 Å². The van der Waals surface area contributed by atoms with E-state index in [4.69, 9.17) is 22.1 Å². The van der Waals surface area contributed by atoms with Crippen LogP contribution in [0.2, 0.25) is 5.02 Å². The number of fused-ring (bicyclic) bond motifs is 1. The Morgan fingerprint density at radius 3 is 2.50 bits per heavy atom. The third kappa shape index (κ3) is 4.50. The summed E-state index contributed by atoms with van der Waals surface area (Å²) in [6.07, 6.45) is 0. The molecule has 2 amide bonds. The molecule has 0 saturated heterocycles. The van der Waals surface area contributed by atoms with Crippen molar-refractivity contribution < 1.29 is 19.1 Å². The first-order chi connectivity index (χ1) is 16.3. The van der Waals surface area contributed by atoms with E-state index in [9.17, 15) is 14.4 Å². The summed E-state index contributed by atoms with van der Waals surface area (Å²) in [5.74, 6) is -1.79. The molecule has 34 heavy (non-hydrogen) atoms. The molecule has 9 heteroatoms. The van der Waals surface area contributed by atoms with Crippen LogP contribution in [0.15, 0.2) is 54.6 Å². The zero-order valence-corrected chi connectivity index (χ0v) is 19.9. The Balaban J connectivity index is 1.81. The van der Waals surface area contributed by atoms with Crippen LogP contribution in [0.5, 0.6) is 0 Å². The molecule has 0 aliphatic heterocycles. The number of carbonyl (C=O) groups excluding carboxylic acids is 3. The fourth-order valence-corrected chi connectivity index (χ4v) is 4.76. The van der Waals surface area contributed by atoms with Crippen molar-refractivity contribution in [1.29, 1.82) is 0 Å². The van der Waals surface area contributed by atoms with Crippen molar-refractivity contribution in [2.75, 3.05) is 11.9 Å². The summed E-state index contributed by atoms with van der Waals surface area (Å²) in [6, 6.07) is 16.1. The number of nitrogens with two attached hydrogens (primary N) is 1. The van der Waals surface area contributed by atoms with Gasteiger partial charge in [0, 0.05) is 16.0 Å². The molecule has 3 N–H and O–H groups in total. The molecule has 0 aliphatic rings. The van der Waals surface area contributed by atoms with Gasteiger partial charge < -0.3 is 15.8 Å². The van der Waals surface area contributed by atoms with Gasteiger partial charge in [-0.25, -0.2) is 9.78 Å². The van der Waals surface area contributed by atoms with E-state index in [1.165, 1.54) is 0 Å². The second-order valence-corrected chi connectivity index (χ2v) is 8.84. The average Bonchev–Trinajstić information content (AvgIpc) is 3.14. The molecule has 4 rings (SSSR count). The number of nitrogens with zero attached hydrogens (tertiary/aromatic N) is 1. The van der Waals surface area contributed by atoms with E-state index in [1.54, 1.807) is 38.1 Å². The maximum absolute atomic E-state index is 13.5. The van der Waals surface area contributed by atoms with Crippen LogP contribution >= 0.6 is 22.9 Å². The molecule has 0 unspecified atom stereocenters. The Labute approximate surface area is 204 Å². The molecule has 2 aromatic carbocycles. The Bertz CT molecular complexity index is 1430. The number of ether oxygens (including phenoxy) is 1. The zero-order valence-electron chi connectivity index (χ0n) is 18.3. The van der Waals surface area contributed by atoms with Crippen LogP contribution in [0.25, 0.3) is 22.2 Å². The van der Waals surface area contributed by atoms with Crippen molar-refractivity contribution in [2.24, 2.45) is 5.73 Å². The van der Waals surface area contributed by atoms with Gasteiger partial charge in [-0.3, -0.25) is 9.59 Å². The quantitative estimate of drug-likeness (QED) is 0.347. The Kier molecular flexibility index (Phi) is 6.63. The fourth-order valence-electron chi connectivity index (χ4n) is 3.59. The normalized spacial score (nSPS) is 10.8. The summed E-state index contributed by atoms with van der Waals surface area (Å²) < 4.78 is 5.13. The molecule has 4 aromatic rings. The molecule has 0 aliphatic carbocycles. The van der Waals surface area contributed by atoms with E-state index < -0.39 is 17.8 Å². The molecular formula is C25H20ClN3O4S. The molecule has 172 valence electrons. The topological polar surface area (TPSA) is 111 Å². The number of benzene rings is 2. The molecule has 0 atom stereocenters. The van der Waals surface area contributed by atoms with Crippen LogP contribution in [-0.2, 0) is 4.74 Å². The number of rotatable bonds is 6. The summed E-state index contributed by atoms with van der Waals surface area (Å²) in [7, 11) is 0. The van der Waals surface area contributed by atoms with E-state index in [1.807, 2.05) is 30.3 Å². The predicted octanol–water partition coefficient (Wildman–Crippen LogP) is 5.45. The third-order valence-corrected chi connectivity index (χ3v) is 6.65. The first kappa shape index (κ1) is 23.4. The highest BCUT2D eigenvalue weighted by Gasteiger charge is 2.26. The van der Waals surface area contributed by atoms with Gasteiger partial charge in [-0.05, 0) is 43.7 Å². The summed E-state index contributed by atoms with van der Waals surface area (Å²) in [5.41, 5.74) is 8.32. The lowest BCUT2D eigenvalue weighted by Gasteiger charge is -2.11. The van der Waals surface area contributed by atoms with Crippen LogP contribution in [-0.4, -0.2) is 29.4 Å². The van der Waals surface area contributed by atoms with Crippen molar-refractivity contribution in [2.45, 2.75) is 13.8 Å². The highest BCUT2D eigenvalue weighted by atomic mass is 35.5. The minimum absolute atomic E-state index is 0.116. The lowest BCUT2D eigenvalue weighted by molar-refractivity contribution is 0.0527. The highest BCUT2D eigenvalue weighted by molar-refractivity contribution is 7.18. The van der Waals surface area contributed by atoms with Crippen molar-refractivity contribution in [3.05, 3.63) is 81.2 Å². The van der Waals surface area contributed by atoms with E-state index in [-0.39, 0.29) is 22.0 Å². The first-order valence-corrected chi connectivity index (χ1v) is 11.6. The molecule has 0 radical (unpaired) electrons. The number of esters is 1. The number of halogens is 1. The SMILES string of the molecule is CCOC(=O)c1c(NC(=O)c2cc(-c3ccc(Cl)cc3)nc3ccccc23)sc(C(N)=O)c1C. The van der Waals surface area contributed by atoms with Crippen LogP contribution in [0.4, 0.5) is 5.00 Å². The fraction of sp³-hybridized carbons (Fsp3) is 0.120. The maximum Gasteiger partial charge on any atom is 0.341 e.